The molecule has 11 N–H and O–H groups in total. The van der Waals surface area contributed by atoms with E-state index in [1.54, 1.807) is 30.3 Å². The van der Waals surface area contributed by atoms with E-state index in [0.717, 1.165) is 5.56 Å². The van der Waals surface area contributed by atoms with E-state index in [9.17, 15) is 24.3 Å². The number of hydrogen-bond acceptors (Lipinski definition) is 7. The van der Waals surface area contributed by atoms with E-state index in [4.69, 9.17) is 22.3 Å². The van der Waals surface area contributed by atoms with Crippen LogP contribution in [0.4, 0.5) is 0 Å². The number of amides is 3. The lowest BCUT2D eigenvalue weighted by Gasteiger charge is -2.20. The zero-order chi connectivity index (χ0) is 24.8. The predicted octanol–water partition coefficient (Wildman–Crippen LogP) is -3.23. The van der Waals surface area contributed by atoms with Gasteiger partial charge in [0, 0.05) is 13.0 Å². The predicted molar refractivity (Wildman–Crippen MR) is 120 cm³/mol. The highest BCUT2D eigenvalue weighted by atomic mass is 16.4. The molecule has 0 unspecified atom stereocenters. The van der Waals surface area contributed by atoms with Crippen LogP contribution >= 0.6 is 0 Å². The minimum Gasteiger partial charge on any atom is -0.480 e. The molecule has 0 aromatic heterocycles. The minimum absolute atomic E-state index is 0.0809. The van der Waals surface area contributed by atoms with E-state index in [-0.39, 0.29) is 25.3 Å². The van der Waals surface area contributed by atoms with Crippen LogP contribution < -0.4 is 33.2 Å². The first kappa shape index (κ1) is 27.3. The summed E-state index contributed by atoms with van der Waals surface area (Å²) in [5.41, 5.74) is 16.6. The number of carbonyl (C=O) groups is 4. The van der Waals surface area contributed by atoms with Gasteiger partial charge in [0.05, 0.1) is 13.2 Å². The fraction of sp³-hybridized carbons (Fsp3) is 0.450. The Morgan fingerprint density at radius 2 is 1.67 bits per heavy atom. The van der Waals surface area contributed by atoms with E-state index in [1.807, 2.05) is 0 Å². The van der Waals surface area contributed by atoms with Crippen LogP contribution in [-0.2, 0) is 25.6 Å². The first-order valence-electron chi connectivity index (χ1n) is 10.2. The van der Waals surface area contributed by atoms with Crippen LogP contribution in [0, 0.1) is 0 Å². The van der Waals surface area contributed by atoms with Gasteiger partial charge in [0.15, 0.2) is 5.96 Å². The van der Waals surface area contributed by atoms with Gasteiger partial charge in [0.1, 0.15) is 18.1 Å². The highest BCUT2D eigenvalue weighted by Gasteiger charge is 2.25. The first-order chi connectivity index (χ1) is 15.6. The molecule has 0 aliphatic heterocycles. The van der Waals surface area contributed by atoms with Crippen LogP contribution in [0.15, 0.2) is 35.3 Å². The van der Waals surface area contributed by atoms with E-state index in [1.165, 1.54) is 0 Å². The average Bonchev–Trinajstić information content (AvgIpc) is 2.78. The van der Waals surface area contributed by atoms with Gasteiger partial charge in [-0.25, -0.2) is 4.79 Å². The molecule has 0 fully saturated rings. The number of aliphatic imine (C=N–C) groups is 1. The zero-order valence-corrected chi connectivity index (χ0v) is 18.1. The summed E-state index contributed by atoms with van der Waals surface area (Å²) < 4.78 is 0. The van der Waals surface area contributed by atoms with Gasteiger partial charge < -0.3 is 43.4 Å². The van der Waals surface area contributed by atoms with Crippen LogP contribution in [0.1, 0.15) is 18.4 Å². The third kappa shape index (κ3) is 10.9. The van der Waals surface area contributed by atoms with Gasteiger partial charge in [-0.1, -0.05) is 30.3 Å². The summed E-state index contributed by atoms with van der Waals surface area (Å²) in [6.45, 7) is -0.910. The number of nitrogens with two attached hydrogens (primary N) is 3. The Morgan fingerprint density at radius 3 is 2.24 bits per heavy atom. The van der Waals surface area contributed by atoms with Crippen molar-refractivity contribution in [3.05, 3.63) is 35.9 Å². The maximum Gasteiger partial charge on any atom is 0.326 e. The number of aliphatic hydroxyl groups is 1. The number of hydrogen-bond donors (Lipinski definition) is 8. The molecule has 1 aromatic rings. The number of aliphatic hydroxyl groups excluding tert-OH is 1. The van der Waals surface area contributed by atoms with Crippen molar-refractivity contribution >= 4 is 29.7 Å². The molecular weight excluding hydrogens is 434 g/mol. The van der Waals surface area contributed by atoms with Crippen molar-refractivity contribution in [2.24, 2.45) is 22.2 Å². The second kappa shape index (κ2) is 14.4. The molecule has 0 saturated carbocycles. The van der Waals surface area contributed by atoms with Gasteiger partial charge in [0.2, 0.25) is 17.7 Å². The molecule has 3 atom stereocenters. The number of carbonyl (C=O) groups excluding carboxylic acids is 3. The third-order valence-electron chi connectivity index (χ3n) is 4.45. The summed E-state index contributed by atoms with van der Waals surface area (Å²) in [4.78, 5) is 52.0. The summed E-state index contributed by atoms with van der Waals surface area (Å²) in [6.07, 6.45) is 0.510. The van der Waals surface area contributed by atoms with Crippen molar-refractivity contribution < 1.29 is 29.4 Å². The van der Waals surface area contributed by atoms with Gasteiger partial charge in [-0.15, -0.1) is 0 Å². The maximum atomic E-state index is 12.6. The van der Waals surface area contributed by atoms with Crippen LogP contribution in [0.25, 0.3) is 0 Å². The fourth-order valence-corrected chi connectivity index (χ4v) is 2.72. The summed E-state index contributed by atoms with van der Waals surface area (Å²) in [5, 5.41) is 25.5. The second-order valence-electron chi connectivity index (χ2n) is 7.16. The third-order valence-corrected chi connectivity index (χ3v) is 4.45. The Hall–Kier alpha value is -3.71. The molecule has 0 aliphatic carbocycles. The monoisotopic (exact) mass is 465 g/mol. The summed E-state index contributed by atoms with van der Waals surface area (Å²) >= 11 is 0. The van der Waals surface area contributed by atoms with Gasteiger partial charge in [-0.3, -0.25) is 19.4 Å². The Balaban J connectivity index is 2.69. The number of nitrogens with one attached hydrogen (secondary N) is 3. The standard InChI is InChI=1S/C20H31N7O6/c21-13(11-28)17(30)27-15(9-12-5-2-1-3-6-12)18(31)25-10-16(29)26-14(19(32)33)7-4-8-24-20(22)23/h1-3,5-6,13-15,28H,4,7-11,21H2,(H,25,31)(H,26,29)(H,27,30)(H,32,33)(H4,22,23,24)/t13-,14-,15-/m0/s1. The number of aliphatic carboxylic acids is 1. The lowest BCUT2D eigenvalue weighted by atomic mass is 10.0. The highest BCUT2D eigenvalue weighted by molar-refractivity contribution is 5.92. The number of benzene rings is 1. The van der Waals surface area contributed by atoms with E-state index < -0.39 is 55.0 Å². The van der Waals surface area contributed by atoms with Gasteiger partial charge in [0.25, 0.3) is 0 Å². The van der Waals surface area contributed by atoms with E-state index in [0.29, 0.717) is 6.42 Å². The summed E-state index contributed by atoms with van der Waals surface area (Å²) in [6, 6.07) is 5.35. The van der Waals surface area contributed by atoms with Gasteiger partial charge in [-0.2, -0.15) is 0 Å². The number of carboxylic acids is 1. The van der Waals surface area contributed by atoms with Crippen LogP contribution in [0.3, 0.4) is 0 Å². The zero-order valence-electron chi connectivity index (χ0n) is 18.1. The van der Waals surface area contributed by atoms with Crippen molar-refractivity contribution in [1.82, 2.24) is 16.0 Å². The first-order valence-corrected chi connectivity index (χ1v) is 10.2. The number of nitrogens with zero attached hydrogens (tertiary/aromatic N) is 1. The number of carboxylic acid groups (broad SMARTS) is 1. The van der Waals surface area contributed by atoms with Crippen molar-refractivity contribution in [2.45, 2.75) is 37.4 Å². The average molecular weight is 466 g/mol. The highest BCUT2D eigenvalue weighted by Crippen LogP contribution is 2.04. The van der Waals surface area contributed by atoms with E-state index in [2.05, 4.69) is 20.9 Å². The lowest BCUT2D eigenvalue weighted by Crippen LogP contribution is -2.54. The van der Waals surface area contributed by atoms with Crippen LogP contribution in [0.2, 0.25) is 0 Å². The molecule has 182 valence electrons. The Morgan fingerprint density at radius 1 is 1.00 bits per heavy atom. The molecule has 0 radical (unpaired) electrons. The van der Waals surface area contributed by atoms with Crippen molar-refractivity contribution in [3.63, 3.8) is 0 Å². The topological polar surface area (TPSA) is 235 Å². The molecule has 1 aromatic carbocycles. The fourth-order valence-electron chi connectivity index (χ4n) is 2.72. The van der Waals surface area contributed by atoms with Gasteiger partial charge in [-0.05, 0) is 18.4 Å². The molecule has 13 nitrogen and oxygen atoms in total. The molecule has 0 heterocycles. The number of guanidine groups is 1. The van der Waals surface area contributed by atoms with Crippen molar-refractivity contribution in [3.8, 4) is 0 Å². The van der Waals surface area contributed by atoms with Crippen molar-refractivity contribution in [1.29, 1.82) is 0 Å². The summed E-state index contributed by atoms with van der Waals surface area (Å²) in [7, 11) is 0. The van der Waals surface area contributed by atoms with Gasteiger partial charge >= 0.3 is 5.97 Å². The minimum atomic E-state index is -1.24. The molecule has 0 saturated heterocycles. The molecule has 13 heteroatoms. The normalized spacial score (nSPS) is 13.2. The molecule has 0 spiro atoms. The van der Waals surface area contributed by atoms with Crippen LogP contribution in [0.5, 0.6) is 0 Å². The Bertz CT molecular complexity index is 829. The van der Waals surface area contributed by atoms with Crippen molar-refractivity contribution in [2.75, 3.05) is 19.7 Å². The lowest BCUT2D eigenvalue weighted by molar-refractivity contribution is -0.142. The molecule has 33 heavy (non-hydrogen) atoms. The molecule has 1 rings (SSSR count). The summed E-state index contributed by atoms with van der Waals surface area (Å²) in [5.74, 6) is -3.50. The smallest absolute Gasteiger partial charge is 0.326 e. The van der Waals surface area contributed by atoms with E-state index >= 15 is 0 Å². The SMILES string of the molecule is NC(N)=NCCC[C@H](NC(=O)CNC(=O)[C@H](Cc1ccccc1)NC(=O)[C@@H](N)CO)C(=O)O. The molecule has 3 amide bonds. The molecular formula is C20H31N7O6. The van der Waals surface area contributed by atoms with Crippen LogP contribution in [-0.4, -0.2) is 77.7 Å². The maximum absolute atomic E-state index is 12.6. The Kier molecular flexibility index (Phi) is 11.9. The quantitative estimate of drug-likeness (QED) is 0.0782. The molecule has 0 aliphatic rings. The largest absolute Gasteiger partial charge is 0.480 e. The molecule has 0 bridgehead atoms. The Labute approximate surface area is 190 Å². The number of rotatable bonds is 14. The second-order valence-corrected chi connectivity index (χ2v) is 7.16.